The first kappa shape index (κ1) is 15.9. The fourth-order valence-corrected chi connectivity index (χ4v) is 5.21. The summed E-state index contributed by atoms with van der Waals surface area (Å²) >= 11 is 1.87. The van der Waals surface area contributed by atoms with Crippen LogP contribution in [0.3, 0.4) is 0 Å². The molecule has 0 spiro atoms. The van der Waals surface area contributed by atoms with Crippen molar-refractivity contribution in [2.75, 3.05) is 0 Å². The van der Waals surface area contributed by atoms with Gasteiger partial charge in [-0.3, -0.25) is 0 Å². The van der Waals surface area contributed by atoms with E-state index in [4.69, 9.17) is 4.42 Å². The van der Waals surface area contributed by atoms with Crippen LogP contribution in [0.15, 0.2) is 77.2 Å². The molecule has 0 saturated heterocycles. The molecule has 2 heteroatoms. The molecule has 0 fully saturated rings. The number of aryl methyl sites for hydroxylation is 2. The van der Waals surface area contributed by atoms with Gasteiger partial charge in [0.15, 0.2) is 0 Å². The molecule has 0 bridgehead atoms. The molecule has 6 aromatic rings. The van der Waals surface area contributed by atoms with Crippen molar-refractivity contribution in [1.82, 2.24) is 0 Å². The minimum atomic E-state index is 0.946. The molecule has 0 aliphatic heterocycles. The highest BCUT2D eigenvalue weighted by atomic mass is 32.1. The van der Waals surface area contributed by atoms with E-state index in [0.717, 1.165) is 11.2 Å². The summed E-state index contributed by atoms with van der Waals surface area (Å²) in [6.45, 7) is 4.28. The second-order valence-corrected chi connectivity index (χ2v) is 8.71. The van der Waals surface area contributed by atoms with Gasteiger partial charge in [0.1, 0.15) is 11.2 Å². The van der Waals surface area contributed by atoms with Crippen molar-refractivity contribution in [2.24, 2.45) is 0 Å². The number of hydrogen-bond acceptors (Lipinski definition) is 2. The Kier molecular flexibility index (Phi) is 3.24. The number of furan rings is 1. The summed E-state index contributed by atoms with van der Waals surface area (Å²) in [5.74, 6) is 0. The Morgan fingerprint density at radius 2 is 1.04 bits per heavy atom. The molecule has 4 aromatic carbocycles. The van der Waals surface area contributed by atoms with Gasteiger partial charge in [0.2, 0.25) is 0 Å². The highest BCUT2D eigenvalue weighted by Gasteiger charge is 2.11. The lowest BCUT2D eigenvalue weighted by atomic mass is 10.00. The molecule has 2 aromatic heterocycles. The first-order valence-electron chi connectivity index (χ1n) is 9.52. The van der Waals surface area contributed by atoms with Gasteiger partial charge >= 0.3 is 0 Å². The third kappa shape index (κ3) is 2.31. The quantitative estimate of drug-likeness (QED) is 0.281. The van der Waals surface area contributed by atoms with Gasteiger partial charge in [0.25, 0.3) is 0 Å². The van der Waals surface area contributed by atoms with Gasteiger partial charge in [0.05, 0.1) is 0 Å². The number of benzene rings is 4. The first-order chi connectivity index (χ1) is 13.7. The molecule has 0 unspecified atom stereocenters. The molecule has 134 valence electrons. The number of rotatable bonds is 1. The molecular formula is C26H18OS. The predicted octanol–water partition coefficient (Wildman–Crippen LogP) is 8.24. The van der Waals surface area contributed by atoms with Crippen molar-refractivity contribution in [3.05, 3.63) is 83.9 Å². The molecule has 0 amide bonds. The van der Waals surface area contributed by atoms with Gasteiger partial charge in [0, 0.05) is 30.9 Å². The Morgan fingerprint density at radius 1 is 0.536 bits per heavy atom. The highest BCUT2D eigenvalue weighted by Crippen LogP contribution is 2.38. The number of fused-ring (bicyclic) bond motifs is 6. The zero-order valence-corrected chi connectivity index (χ0v) is 16.6. The molecule has 28 heavy (non-hydrogen) atoms. The van der Waals surface area contributed by atoms with Crippen LogP contribution in [0.25, 0.3) is 53.2 Å². The third-order valence-corrected chi connectivity index (χ3v) is 6.73. The molecule has 6 rings (SSSR count). The summed E-state index contributed by atoms with van der Waals surface area (Å²) in [5.41, 5.74) is 6.93. The van der Waals surface area contributed by atoms with Crippen LogP contribution < -0.4 is 0 Å². The van der Waals surface area contributed by atoms with Gasteiger partial charge in [-0.05, 0) is 73.5 Å². The zero-order chi connectivity index (χ0) is 18.8. The Morgan fingerprint density at radius 3 is 1.82 bits per heavy atom. The highest BCUT2D eigenvalue weighted by molar-refractivity contribution is 7.25. The smallest absolute Gasteiger partial charge is 0.135 e. The minimum Gasteiger partial charge on any atom is -0.456 e. The van der Waals surface area contributed by atoms with E-state index in [0.29, 0.717) is 0 Å². The van der Waals surface area contributed by atoms with E-state index in [1.165, 1.54) is 53.2 Å². The molecule has 0 aliphatic rings. The molecule has 2 heterocycles. The summed E-state index contributed by atoms with van der Waals surface area (Å²) in [6, 6.07) is 26.5. The first-order valence-corrected chi connectivity index (χ1v) is 10.3. The average molecular weight is 378 g/mol. The Balaban J connectivity index is 1.60. The Bertz CT molecular complexity index is 1410. The lowest BCUT2D eigenvalue weighted by molar-refractivity contribution is 0.669. The van der Waals surface area contributed by atoms with Gasteiger partial charge in [-0.15, -0.1) is 11.3 Å². The van der Waals surface area contributed by atoms with Crippen LogP contribution in [0.5, 0.6) is 0 Å². The second kappa shape index (κ2) is 5.70. The van der Waals surface area contributed by atoms with Crippen LogP contribution in [-0.4, -0.2) is 0 Å². The van der Waals surface area contributed by atoms with Crippen molar-refractivity contribution in [1.29, 1.82) is 0 Å². The monoisotopic (exact) mass is 378 g/mol. The van der Waals surface area contributed by atoms with E-state index in [2.05, 4.69) is 86.6 Å². The fraction of sp³-hybridized carbons (Fsp3) is 0.0769. The van der Waals surface area contributed by atoms with Crippen LogP contribution in [-0.2, 0) is 0 Å². The molecular weight excluding hydrogens is 360 g/mol. The molecule has 0 atom stereocenters. The van der Waals surface area contributed by atoms with E-state index in [1.807, 2.05) is 11.3 Å². The Labute approximate surface area is 166 Å². The van der Waals surface area contributed by atoms with E-state index in [9.17, 15) is 0 Å². The van der Waals surface area contributed by atoms with E-state index in [1.54, 1.807) is 0 Å². The molecule has 0 radical (unpaired) electrons. The normalized spacial score (nSPS) is 11.9. The van der Waals surface area contributed by atoms with E-state index >= 15 is 0 Å². The second-order valence-electron chi connectivity index (χ2n) is 7.63. The lowest BCUT2D eigenvalue weighted by Gasteiger charge is -2.03. The van der Waals surface area contributed by atoms with Crippen molar-refractivity contribution in [2.45, 2.75) is 13.8 Å². The summed E-state index contributed by atoms with van der Waals surface area (Å²) < 4.78 is 8.72. The van der Waals surface area contributed by atoms with E-state index in [-0.39, 0.29) is 0 Å². The predicted molar refractivity (Wildman–Crippen MR) is 122 cm³/mol. The lowest BCUT2D eigenvalue weighted by Crippen LogP contribution is -1.78. The average Bonchev–Trinajstić information content (AvgIpc) is 3.24. The topological polar surface area (TPSA) is 13.1 Å². The minimum absolute atomic E-state index is 0.946. The van der Waals surface area contributed by atoms with Crippen LogP contribution in [0, 0.1) is 13.8 Å². The van der Waals surface area contributed by atoms with Crippen LogP contribution in [0.1, 0.15) is 11.1 Å². The molecule has 1 nitrogen and oxygen atoms in total. The summed E-state index contributed by atoms with van der Waals surface area (Å²) in [7, 11) is 0. The van der Waals surface area contributed by atoms with Crippen molar-refractivity contribution < 1.29 is 4.42 Å². The van der Waals surface area contributed by atoms with Crippen LogP contribution in [0.4, 0.5) is 0 Å². The molecule has 0 aliphatic carbocycles. The van der Waals surface area contributed by atoms with Gasteiger partial charge in [-0.25, -0.2) is 0 Å². The molecule has 0 N–H and O–H groups in total. The van der Waals surface area contributed by atoms with Gasteiger partial charge < -0.3 is 4.42 Å². The van der Waals surface area contributed by atoms with Gasteiger partial charge in [-0.2, -0.15) is 0 Å². The maximum absolute atomic E-state index is 6.03. The SMILES string of the molecule is Cc1ccc2oc3ccc(-c4ccc5sc6ccc(C)cc6c5c4)cc3c2c1. The maximum atomic E-state index is 6.03. The number of hydrogen-bond donors (Lipinski definition) is 0. The zero-order valence-electron chi connectivity index (χ0n) is 15.7. The standard InChI is InChI=1S/C26H18OS/c1-15-3-7-23-19(11-15)20-13-17(5-8-24(20)27-23)18-6-10-26-22(14-18)21-12-16(2)4-9-25(21)28-26/h3-14H,1-2H3. The summed E-state index contributed by atoms with van der Waals surface area (Å²) in [6.07, 6.45) is 0. The molecule has 0 saturated carbocycles. The van der Waals surface area contributed by atoms with Crippen molar-refractivity contribution in [3.63, 3.8) is 0 Å². The third-order valence-electron chi connectivity index (χ3n) is 5.58. The maximum Gasteiger partial charge on any atom is 0.135 e. The van der Waals surface area contributed by atoms with Crippen molar-refractivity contribution >= 4 is 53.4 Å². The Hall–Kier alpha value is -3.10. The summed E-state index contributed by atoms with van der Waals surface area (Å²) in [5, 5.41) is 5.07. The largest absolute Gasteiger partial charge is 0.456 e. The van der Waals surface area contributed by atoms with Gasteiger partial charge in [-0.1, -0.05) is 35.4 Å². The van der Waals surface area contributed by atoms with Crippen molar-refractivity contribution in [3.8, 4) is 11.1 Å². The van der Waals surface area contributed by atoms with Crippen LogP contribution in [0.2, 0.25) is 0 Å². The van der Waals surface area contributed by atoms with E-state index < -0.39 is 0 Å². The fourth-order valence-electron chi connectivity index (χ4n) is 4.14. The summed E-state index contributed by atoms with van der Waals surface area (Å²) in [4.78, 5) is 0. The number of thiophene rings is 1. The van der Waals surface area contributed by atoms with Crippen LogP contribution >= 0.6 is 11.3 Å².